The van der Waals surface area contributed by atoms with Gasteiger partial charge in [-0.1, -0.05) is 0 Å². The summed E-state index contributed by atoms with van der Waals surface area (Å²) in [4.78, 5) is 1.60. The summed E-state index contributed by atoms with van der Waals surface area (Å²) in [6.45, 7) is 0.807. The van der Waals surface area contributed by atoms with Crippen molar-refractivity contribution >= 4 is 31.9 Å². The lowest BCUT2D eigenvalue weighted by Crippen LogP contribution is -2.10. The molecule has 0 amide bonds. The van der Waals surface area contributed by atoms with Gasteiger partial charge >= 0.3 is 0 Å². The maximum atomic E-state index is 5.40. The predicted octanol–water partition coefficient (Wildman–Crippen LogP) is 2.11. The van der Waals surface area contributed by atoms with E-state index in [4.69, 9.17) is 4.74 Å². The van der Waals surface area contributed by atoms with Crippen molar-refractivity contribution in [1.82, 2.24) is 15.0 Å². The molecule has 0 saturated carbocycles. The summed E-state index contributed by atoms with van der Waals surface area (Å²) in [5.74, 6) is 0. The van der Waals surface area contributed by atoms with Gasteiger partial charge in [0.15, 0.2) is 15.4 Å². The minimum Gasteiger partial charge on any atom is -0.355 e. The molecule has 0 spiro atoms. The van der Waals surface area contributed by atoms with Gasteiger partial charge in [-0.05, 0) is 44.7 Å². The van der Waals surface area contributed by atoms with Crippen molar-refractivity contribution in [2.45, 2.75) is 19.1 Å². The Labute approximate surface area is 86.5 Å². The Morgan fingerprint density at radius 2 is 2.00 bits per heavy atom. The van der Waals surface area contributed by atoms with Gasteiger partial charge in [-0.25, -0.2) is 0 Å². The highest BCUT2D eigenvalue weighted by Crippen LogP contribution is 2.24. The van der Waals surface area contributed by atoms with E-state index >= 15 is 0 Å². The first-order valence-corrected chi connectivity index (χ1v) is 5.25. The molecular formula is C6H7Br2N3O. The molecule has 1 fully saturated rings. The van der Waals surface area contributed by atoms with E-state index in [2.05, 4.69) is 42.1 Å². The number of ether oxygens (including phenoxy) is 1. The van der Waals surface area contributed by atoms with E-state index in [1.165, 1.54) is 0 Å². The molecule has 4 nitrogen and oxygen atoms in total. The summed E-state index contributed by atoms with van der Waals surface area (Å²) >= 11 is 6.53. The van der Waals surface area contributed by atoms with Crippen LogP contribution in [0.5, 0.6) is 0 Å². The molecule has 1 unspecified atom stereocenters. The van der Waals surface area contributed by atoms with Crippen LogP contribution >= 0.6 is 31.9 Å². The van der Waals surface area contributed by atoms with E-state index in [1.807, 2.05) is 0 Å². The van der Waals surface area contributed by atoms with Gasteiger partial charge in [-0.15, -0.1) is 10.2 Å². The highest BCUT2D eigenvalue weighted by Gasteiger charge is 2.20. The minimum absolute atomic E-state index is 0.0209. The van der Waals surface area contributed by atoms with Crippen LogP contribution in [0.15, 0.2) is 9.21 Å². The predicted molar refractivity (Wildman–Crippen MR) is 49.6 cm³/mol. The largest absolute Gasteiger partial charge is 0.355 e. The van der Waals surface area contributed by atoms with E-state index in [0.717, 1.165) is 28.7 Å². The number of aromatic nitrogens is 3. The van der Waals surface area contributed by atoms with Crippen molar-refractivity contribution < 1.29 is 4.74 Å². The maximum absolute atomic E-state index is 5.40. The molecule has 1 saturated heterocycles. The molecule has 0 bridgehead atoms. The number of hydrogen-bond donors (Lipinski definition) is 0. The molecule has 66 valence electrons. The normalized spacial score (nSPS) is 23.3. The van der Waals surface area contributed by atoms with Gasteiger partial charge in [0.2, 0.25) is 0 Å². The van der Waals surface area contributed by atoms with Crippen LogP contribution < -0.4 is 0 Å². The van der Waals surface area contributed by atoms with Crippen molar-refractivity contribution in [3.8, 4) is 0 Å². The summed E-state index contributed by atoms with van der Waals surface area (Å²) < 4.78 is 6.84. The Balaban J connectivity index is 2.21. The summed E-state index contributed by atoms with van der Waals surface area (Å²) in [6, 6.07) is 0. The highest BCUT2D eigenvalue weighted by atomic mass is 79.9. The maximum Gasteiger partial charge on any atom is 0.169 e. The molecule has 1 aliphatic heterocycles. The zero-order valence-corrected chi connectivity index (χ0v) is 9.38. The van der Waals surface area contributed by atoms with Gasteiger partial charge in [0.25, 0.3) is 0 Å². The lowest BCUT2D eigenvalue weighted by molar-refractivity contribution is 0.0350. The Morgan fingerprint density at radius 1 is 1.33 bits per heavy atom. The van der Waals surface area contributed by atoms with Crippen LogP contribution in [0, 0.1) is 0 Å². The molecule has 0 aliphatic carbocycles. The second-order valence-electron chi connectivity index (χ2n) is 2.57. The molecule has 0 radical (unpaired) electrons. The number of hydrogen-bond acceptors (Lipinski definition) is 3. The van der Waals surface area contributed by atoms with Crippen molar-refractivity contribution in [3.05, 3.63) is 9.21 Å². The molecule has 6 heteroatoms. The van der Waals surface area contributed by atoms with Crippen molar-refractivity contribution in [1.29, 1.82) is 0 Å². The average Bonchev–Trinajstić information content (AvgIpc) is 2.61. The first kappa shape index (κ1) is 8.65. The fraction of sp³-hybridized carbons (Fsp3) is 0.667. The van der Waals surface area contributed by atoms with Crippen molar-refractivity contribution in [3.63, 3.8) is 0 Å². The van der Waals surface area contributed by atoms with Crippen LogP contribution in [0.3, 0.4) is 0 Å². The Morgan fingerprint density at radius 3 is 2.50 bits per heavy atom. The van der Waals surface area contributed by atoms with E-state index in [9.17, 15) is 0 Å². The van der Waals surface area contributed by atoms with Crippen LogP contribution in [0.4, 0.5) is 0 Å². The molecule has 0 aromatic carbocycles. The Bertz CT molecular complexity index is 263. The first-order chi connectivity index (χ1) is 5.77. The molecule has 1 aromatic rings. The lowest BCUT2D eigenvalue weighted by atomic mass is 10.3. The standard InChI is InChI=1S/C6H7Br2N3O/c7-5-6(8)10-11(9-5)4-2-1-3-12-4/h4H,1-3H2. The summed E-state index contributed by atoms with van der Waals surface area (Å²) in [5, 5.41) is 8.29. The van der Waals surface area contributed by atoms with Gasteiger partial charge in [0, 0.05) is 6.61 Å². The van der Waals surface area contributed by atoms with E-state index in [1.54, 1.807) is 4.80 Å². The lowest BCUT2D eigenvalue weighted by Gasteiger charge is -2.06. The van der Waals surface area contributed by atoms with Crippen LogP contribution in [-0.2, 0) is 4.74 Å². The topological polar surface area (TPSA) is 39.9 Å². The Kier molecular flexibility index (Phi) is 2.47. The fourth-order valence-corrected chi connectivity index (χ4v) is 1.64. The zero-order chi connectivity index (χ0) is 8.55. The van der Waals surface area contributed by atoms with Crippen LogP contribution in [0.2, 0.25) is 0 Å². The molecular weight excluding hydrogens is 290 g/mol. The Hall–Kier alpha value is 0.0600. The molecule has 12 heavy (non-hydrogen) atoms. The molecule has 2 rings (SSSR count). The van der Waals surface area contributed by atoms with Crippen LogP contribution in [0.1, 0.15) is 19.1 Å². The molecule has 1 atom stereocenters. The molecule has 1 aliphatic rings. The van der Waals surface area contributed by atoms with Crippen molar-refractivity contribution in [2.75, 3.05) is 6.61 Å². The van der Waals surface area contributed by atoms with Gasteiger partial charge in [0.05, 0.1) is 0 Å². The second-order valence-corrected chi connectivity index (χ2v) is 4.07. The smallest absolute Gasteiger partial charge is 0.169 e. The minimum atomic E-state index is 0.0209. The van der Waals surface area contributed by atoms with E-state index in [-0.39, 0.29) is 6.23 Å². The van der Waals surface area contributed by atoms with E-state index in [0.29, 0.717) is 0 Å². The zero-order valence-electron chi connectivity index (χ0n) is 6.20. The van der Waals surface area contributed by atoms with Gasteiger partial charge < -0.3 is 4.74 Å². The molecule has 0 N–H and O–H groups in total. The summed E-state index contributed by atoms with van der Waals surface area (Å²) in [6.07, 6.45) is 2.10. The fourth-order valence-electron chi connectivity index (χ4n) is 1.16. The first-order valence-electron chi connectivity index (χ1n) is 3.67. The number of nitrogens with zero attached hydrogens (tertiary/aromatic N) is 3. The third-order valence-corrected chi connectivity index (χ3v) is 3.31. The third kappa shape index (κ3) is 1.55. The quantitative estimate of drug-likeness (QED) is 0.797. The van der Waals surface area contributed by atoms with Crippen LogP contribution in [0.25, 0.3) is 0 Å². The van der Waals surface area contributed by atoms with E-state index < -0.39 is 0 Å². The SMILES string of the molecule is Brc1nn(C2CCCO2)nc1Br. The van der Waals surface area contributed by atoms with Crippen molar-refractivity contribution in [2.24, 2.45) is 0 Å². The molecule has 2 heterocycles. The number of rotatable bonds is 1. The summed E-state index contributed by atoms with van der Waals surface area (Å²) in [5.41, 5.74) is 0. The van der Waals surface area contributed by atoms with Gasteiger partial charge in [-0.2, -0.15) is 4.80 Å². The monoisotopic (exact) mass is 295 g/mol. The number of halogens is 2. The second kappa shape index (κ2) is 3.43. The molecule has 1 aromatic heterocycles. The summed E-state index contributed by atoms with van der Waals surface area (Å²) in [7, 11) is 0. The van der Waals surface area contributed by atoms with Gasteiger partial charge in [-0.3, -0.25) is 0 Å². The highest BCUT2D eigenvalue weighted by molar-refractivity contribution is 9.13. The van der Waals surface area contributed by atoms with Gasteiger partial charge in [0.1, 0.15) is 0 Å². The van der Waals surface area contributed by atoms with Crippen LogP contribution in [-0.4, -0.2) is 21.6 Å². The average molecular weight is 297 g/mol. The third-order valence-electron chi connectivity index (χ3n) is 1.71.